The maximum atomic E-state index is 12.7. The number of carbonyl (C=O) groups excluding carboxylic acids is 1. The number of rotatable bonds is 4. The van der Waals surface area contributed by atoms with Crippen molar-refractivity contribution in [3.63, 3.8) is 0 Å². The first-order chi connectivity index (χ1) is 11.6. The summed E-state index contributed by atoms with van der Waals surface area (Å²) in [5.41, 5.74) is 0.481. The molecule has 4 nitrogen and oxygen atoms in total. The highest BCUT2D eigenvalue weighted by molar-refractivity contribution is 5.76. The minimum absolute atomic E-state index is 0.414. The maximum Gasteiger partial charge on any atom is 0.222 e. The Kier molecular flexibility index (Phi) is 6.20. The third kappa shape index (κ3) is 4.51. The van der Waals surface area contributed by atoms with Gasteiger partial charge in [0.15, 0.2) is 0 Å². The number of hydrogen-bond acceptors (Lipinski definition) is 3. The maximum absolute atomic E-state index is 12.7. The van der Waals surface area contributed by atoms with Crippen LogP contribution in [0.4, 0.5) is 0 Å². The van der Waals surface area contributed by atoms with Gasteiger partial charge in [0.05, 0.1) is 0 Å². The predicted octanol–water partition coefficient (Wildman–Crippen LogP) is 2.98. The number of piperazine rings is 1. The molecule has 1 aliphatic carbocycles. The molecule has 4 heteroatoms. The van der Waals surface area contributed by atoms with E-state index in [1.54, 1.807) is 0 Å². The lowest BCUT2D eigenvalue weighted by atomic mass is 9.80. The van der Waals surface area contributed by atoms with Crippen LogP contribution < -0.4 is 0 Å². The van der Waals surface area contributed by atoms with Crippen LogP contribution in [0, 0.1) is 5.41 Å². The number of nitrogens with zero attached hydrogens (tertiary/aromatic N) is 3. The van der Waals surface area contributed by atoms with Gasteiger partial charge in [0, 0.05) is 51.7 Å². The van der Waals surface area contributed by atoms with E-state index in [2.05, 4.69) is 28.7 Å². The van der Waals surface area contributed by atoms with Gasteiger partial charge >= 0.3 is 0 Å². The summed E-state index contributed by atoms with van der Waals surface area (Å²) in [5, 5.41) is 0. The van der Waals surface area contributed by atoms with Crippen molar-refractivity contribution in [2.24, 2.45) is 5.41 Å². The standard InChI is InChI=1S/C20H37N3O/c1-18(22-15-13-21(2)14-16-22)7-8-19(24)23-12-11-20(17-23)9-5-3-4-6-10-20/h18H,3-17H2,1-2H3/t18-/m1/s1. The molecular weight excluding hydrogens is 298 g/mol. The van der Waals surface area contributed by atoms with Crippen molar-refractivity contribution < 1.29 is 4.79 Å². The summed E-state index contributed by atoms with van der Waals surface area (Å²) in [6.45, 7) is 8.99. The summed E-state index contributed by atoms with van der Waals surface area (Å²) < 4.78 is 0. The second-order valence-corrected chi connectivity index (χ2v) is 8.71. The van der Waals surface area contributed by atoms with E-state index in [0.29, 0.717) is 17.4 Å². The third-order valence-corrected chi connectivity index (χ3v) is 6.89. The van der Waals surface area contributed by atoms with Crippen LogP contribution in [0.1, 0.15) is 64.7 Å². The minimum atomic E-state index is 0.414. The second kappa shape index (κ2) is 8.18. The molecule has 2 aliphatic heterocycles. The van der Waals surface area contributed by atoms with E-state index < -0.39 is 0 Å². The monoisotopic (exact) mass is 335 g/mol. The smallest absolute Gasteiger partial charge is 0.222 e. The number of likely N-dealkylation sites (N-methyl/N-ethyl adjacent to an activating group) is 1. The SMILES string of the molecule is C[C@H](CCC(=O)N1CCC2(CCCCCC2)C1)N1CCN(C)CC1. The second-order valence-electron chi connectivity index (χ2n) is 8.71. The highest BCUT2D eigenvalue weighted by Gasteiger charge is 2.39. The molecule has 3 aliphatic rings. The van der Waals surface area contributed by atoms with Crippen molar-refractivity contribution in [1.82, 2.24) is 14.7 Å². The fraction of sp³-hybridized carbons (Fsp3) is 0.950. The molecule has 138 valence electrons. The zero-order valence-electron chi connectivity index (χ0n) is 15.9. The average molecular weight is 336 g/mol. The topological polar surface area (TPSA) is 26.8 Å². The minimum Gasteiger partial charge on any atom is -0.342 e. The van der Waals surface area contributed by atoms with Crippen LogP contribution in [0.2, 0.25) is 0 Å². The fourth-order valence-electron chi connectivity index (χ4n) is 4.97. The first-order valence-corrected chi connectivity index (χ1v) is 10.3. The molecule has 0 unspecified atom stereocenters. The van der Waals surface area contributed by atoms with Crippen molar-refractivity contribution in [2.45, 2.75) is 70.8 Å². The van der Waals surface area contributed by atoms with Crippen LogP contribution in [0.15, 0.2) is 0 Å². The van der Waals surface area contributed by atoms with Crippen molar-refractivity contribution in [3.8, 4) is 0 Å². The number of likely N-dealkylation sites (tertiary alicyclic amines) is 1. The highest BCUT2D eigenvalue weighted by Crippen LogP contribution is 2.42. The molecule has 2 saturated heterocycles. The molecule has 3 rings (SSSR count). The normalized spacial score (nSPS) is 27.3. The van der Waals surface area contributed by atoms with Crippen molar-refractivity contribution in [1.29, 1.82) is 0 Å². The molecular formula is C20H37N3O. The van der Waals surface area contributed by atoms with Crippen LogP contribution in [-0.4, -0.2) is 73.0 Å². The van der Waals surface area contributed by atoms with Gasteiger partial charge in [-0.15, -0.1) is 0 Å². The number of hydrogen-bond donors (Lipinski definition) is 0. The molecule has 0 bridgehead atoms. The van der Waals surface area contributed by atoms with Crippen LogP contribution in [0.25, 0.3) is 0 Å². The van der Waals surface area contributed by atoms with Gasteiger partial charge in [0.2, 0.25) is 5.91 Å². The van der Waals surface area contributed by atoms with Gasteiger partial charge in [-0.25, -0.2) is 0 Å². The lowest BCUT2D eigenvalue weighted by Crippen LogP contribution is -2.48. The fourth-order valence-corrected chi connectivity index (χ4v) is 4.97. The molecule has 1 atom stereocenters. The Morgan fingerprint density at radius 2 is 1.62 bits per heavy atom. The van der Waals surface area contributed by atoms with Gasteiger partial charge in [-0.1, -0.05) is 25.7 Å². The number of amides is 1. The van der Waals surface area contributed by atoms with Gasteiger partial charge in [-0.05, 0) is 45.1 Å². The molecule has 1 amide bonds. The lowest BCUT2D eigenvalue weighted by Gasteiger charge is -2.36. The largest absolute Gasteiger partial charge is 0.342 e. The Labute approximate surface area is 148 Å². The Morgan fingerprint density at radius 3 is 2.29 bits per heavy atom. The van der Waals surface area contributed by atoms with E-state index >= 15 is 0 Å². The molecule has 2 heterocycles. The van der Waals surface area contributed by atoms with Crippen LogP contribution in [0.5, 0.6) is 0 Å². The van der Waals surface area contributed by atoms with E-state index in [9.17, 15) is 4.79 Å². The Balaban J connectivity index is 1.42. The van der Waals surface area contributed by atoms with E-state index in [-0.39, 0.29) is 0 Å². The predicted molar refractivity (Wildman–Crippen MR) is 99.1 cm³/mol. The summed E-state index contributed by atoms with van der Waals surface area (Å²) in [5.74, 6) is 0.414. The van der Waals surface area contributed by atoms with Crippen molar-refractivity contribution in [2.75, 3.05) is 46.3 Å². The van der Waals surface area contributed by atoms with Gasteiger partial charge in [0.25, 0.3) is 0 Å². The molecule has 1 spiro atoms. The van der Waals surface area contributed by atoms with Gasteiger partial charge in [-0.3, -0.25) is 9.69 Å². The van der Waals surface area contributed by atoms with Crippen molar-refractivity contribution in [3.05, 3.63) is 0 Å². The van der Waals surface area contributed by atoms with Gasteiger partial charge in [0.1, 0.15) is 0 Å². The van der Waals surface area contributed by atoms with Crippen LogP contribution in [0.3, 0.4) is 0 Å². The van der Waals surface area contributed by atoms with Crippen LogP contribution >= 0.6 is 0 Å². The molecule has 1 saturated carbocycles. The zero-order valence-corrected chi connectivity index (χ0v) is 15.9. The third-order valence-electron chi connectivity index (χ3n) is 6.89. The molecule has 3 fully saturated rings. The first-order valence-electron chi connectivity index (χ1n) is 10.3. The summed E-state index contributed by atoms with van der Waals surface area (Å²) in [6, 6.07) is 0.539. The summed E-state index contributed by atoms with van der Waals surface area (Å²) in [4.78, 5) is 19.8. The molecule has 0 aromatic heterocycles. The summed E-state index contributed by atoms with van der Waals surface area (Å²) in [7, 11) is 2.20. The highest BCUT2D eigenvalue weighted by atomic mass is 16.2. The summed E-state index contributed by atoms with van der Waals surface area (Å²) >= 11 is 0. The Bertz CT molecular complexity index is 409. The van der Waals surface area contributed by atoms with E-state index in [1.807, 2.05) is 0 Å². The summed E-state index contributed by atoms with van der Waals surface area (Å²) in [6.07, 6.45) is 11.3. The molecule has 24 heavy (non-hydrogen) atoms. The Morgan fingerprint density at radius 1 is 0.958 bits per heavy atom. The van der Waals surface area contributed by atoms with Gasteiger partial charge in [-0.2, -0.15) is 0 Å². The van der Waals surface area contributed by atoms with E-state index in [4.69, 9.17) is 0 Å². The molecule has 0 radical (unpaired) electrons. The average Bonchev–Trinajstić information content (AvgIpc) is 2.86. The molecule has 0 aromatic rings. The zero-order chi connectivity index (χ0) is 17.0. The quantitative estimate of drug-likeness (QED) is 0.790. The number of carbonyl (C=O) groups is 1. The molecule has 0 N–H and O–H groups in total. The van der Waals surface area contributed by atoms with E-state index in [0.717, 1.165) is 52.1 Å². The van der Waals surface area contributed by atoms with Gasteiger partial charge < -0.3 is 9.80 Å². The molecule has 0 aromatic carbocycles. The lowest BCUT2D eigenvalue weighted by molar-refractivity contribution is -0.131. The van der Waals surface area contributed by atoms with E-state index in [1.165, 1.54) is 44.9 Å². The first kappa shape index (κ1) is 18.2. The van der Waals surface area contributed by atoms with Crippen molar-refractivity contribution >= 4 is 5.91 Å². The Hall–Kier alpha value is -0.610. The van der Waals surface area contributed by atoms with Crippen LogP contribution in [-0.2, 0) is 4.79 Å².